The maximum absolute atomic E-state index is 13.2. The highest BCUT2D eigenvalue weighted by molar-refractivity contribution is 5.75. The van der Waals surface area contributed by atoms with Crippen molar-refractivity contribution in [1.82, 2.24) is 14.8 Å². The Balaban J connectivity index is 1.78. The Kier molecular flexibility index (Phi) is 4.45. The number of aromatic nitrogens is 3. The van der Waals surface area contributed by atoms with E-state index < -0.39 is 12.0 Å². The van der Waals surface area contributed by atoms with Gasteiger partial charge in [0, 0.05) is 0 Å². The van der Waals surface area contributed by atoms with Gasteiger partial charge in [-0.25, -0.2) is 14.1 Å². The third kappa shape index (κ3) is 3.46. The first-order chi connectivity index (χ1) is 13.0. The second-order valence-corrected chi connectivity index (χ2v) is 6.70. The SMILES string of the molecule is NC(=O)Cc1nc(C(O)c2ccc(F)cc2)n(-c2ccc3c(c2)CCC3)n1. The number of nitrogens with two attached hydrogens (primary N) is 1. The zero-order valence-corrected chi connectivity index (χ0v) is 14.6. The lowest BCUT2D eigenvalue weighted by atomic mass is 10.1. The van der Waals surface area contributed by atoms with E-state index in [0.29, 0.717) is 5.56 Å². The number of nitrogens with zero attached hydrogens (tertiary/aromatic N) is 3. The Bertz CT molecular complexity index is 998. The van der Waals surface area contributed by atoms with Gasteiger partial charge in [-0.1, -0.05) is 18.2 Å². The smallest absolute Gasteiger partial charge is 0.225 e. The zero-order chi connectivity index (χ0) is 19.0. The second-order valence-electron chi connectivity index (χ2n) is 6.70. The van der Waals surface area contributed by atoms with Gasteiger partial charge in [-0.05, 0) is 60.2 Å². The Hall–Kier alpha value is -3.06. The van der Waals surface area contributed by atoms with Crippen LogP contribution in [-0.4, -0.2) is 25.8 Å². The Morgan fingerprint density at radius 1 is 1.19 bits per heavy atom. The van der Waals surface area contributed by atoms with Crippen molar-refractivity contribution in [3.63, 3.8) is 0 Å². The van der Waals surface area contributed by atoms with E-state index in [9.17, 15) is 14.3 Å². The van der Waals surface area contributed by atoms with Gasteiger partial charge in [-0.3, -0.25) is 4.79 Å². The summed E-state index contributed by atoms with van der Waals surface area (Å²) in [5.41, 5.74) is 9.08. The second kappa shape index (κ2) is 6.92. The molecule has 27 heavy (non-hydrogen) atoms. The monoisotopic (exact) mass is 366 g/mol. The van der Waals surface area contributed by atoms with Gasteiger partial charge in [-0.2, -0.15) is 5.10 Å². The first kappa shape index (κ1) is 17.4. The summed E-state index contributed by atoms with van der Waals surface area (Å²) in [5.74, 6) is -0.445. The molecule has 1 aliphatic rings. The number of hydrogen-bond acceptors (Lipinski definition) is 4. The van der Waals surface area contributed by atoms with Crippen LogP contribution in [-0.2, 0) is 24.1 Å². The molecule has 0 bridgehead atoms. The number of halogens is 1. The molecular weight excluding hydrogens is 347 g/mol. The van der Waals surface area contributed by atoms with Crippen LogP contribution in [0.1, 0.15) is 40.9 Å². The van der Waals surface area contributed by atoms with Crippen LogP contribution in [0.15, 0.2) is 42.5 Å². The summed E-state index contributed by atoms with van der Waals surface area (Å²) >= 11 is 0. The highest BCUT2D eigenvalue weighted by atomic mass is 19.1. The molecule has 0 saturated carbocycles. The van der Waals surface area contributed by atoms with Crippen LogP contribution in [0, 0.1) is 5.82 Å². The summed E-state index contributed by atoms with van der Waals surface area (Å²) < 4.78 is 14.7. The molecule has 2 aromatic carbocycles. The molecular formula is C20H19FN4O2. The molecule has 0 spiro atoms. The van der Waals surface area contributed by atoms with Crippen LogP contribution in [0.25, 0.3) is 5.69 Å². The van der Waals surface area contributed by atoms with Gasteiger partial charge in [0.2, 0.25) is 5.91 Å². The Morgan fingerprint density at radius 2 is 1.93 bits per heavy atom. The number of benzene rings is 2. The molecule has 3 aromatic rings. The van der Waals surface area contributed by atoms with E-state index in [4.69, 9.17) is 5.73 Å². The van der Waals surface area contributed by atoms with Gasteiger partial charge >= 0.3 is 0 Å². The fraction of sp³-hybridized carbons (Fsp3) is 0.250. The molecule has 1 unspecified atom stereocenters. The lowest BCUT2D eigenvalue weighted by molar-refractivity contribution is -0.117. The first-order valence-corrected chi connectivity index (χ1v) is 8.81. The molecule has 1 amide bonds. The van der Waals surface area contributed by atoms with Crippen LogP contribution in [0.3, 0.4) is 0 Å². The van der Waals surface area contributed by atoms with E-state index in [0.717, 1.165) is 24.9 Å². The topological polar surface area (TPSA) is 94.0 Å². The molecule has 7 heteroatoms. The largest absolute Gasteiger partial charge is 0.380 e. The molecule has 3 N–H and O–H groups in total. The van der Waals surface area contributed by atoms with E-state index in [1.165, 1.54) is 40.1 Å². The highest BCUT2D eigenvalue weighted by Crippen LogP contribution is 2.27. The molecule has 1 atom stereocenters. The summed E-state index contributed by atoms with van der Waals surface area (Å²) in [4.78, 5) is 15.6. The number of carbonyl (C=O) groups excluding carboxylic acids is 1. The predicted octanol–water partition coefficient (Wildman–Crippen LogP) is 2.00. The van der Waals surface area contributed by atoms with E-state index in [-0.39, 0.29) is 23.9 Å². The molecule has 1 aromatic heterocycles. The van der Waals surface area contributed by atoms with Crippen molar-refractivity contribution in [1.29, 1.82) is 0 Å². The van der Waals surface area contributed by atoms with Gasteiger partial charge in [0.15, 0.2) is 11.6 Å². The molecule has 0 fully saturated rings. The van der Waals surface area contributed by atoms with Crippen molar-refractivity contribution >= 4 is 5.91 Å². The minimum atomic E-state index is -1.12. The summed E-state index contributed by atoms with van der Waals surface area (Å²) in [6.07, 6.45) is 1.94. The molecule has 0 saturated heterocycles. The van der Waals surface area contributed by atoms with Crippen molar-refractivity contribution < 1.29 is 14.3 Å². The first-order valence-electron chi connectivity index (χ1n) is 8.81. The normalized spacial score (nSPS) is 14.1. The third-order valence-electron chi connectivity index (χ3n) is 4.77. The lowest BCUT2D eigenvalue weighted by Gasteiger charge is -2.13. The number of fused-ring (bicyclic) bond motifs is 1. The number of amides is 1. The van der Waals surface area contributed by atoms with Crippen molar-refractivity contribution in [2.24, 2.45) is 5.73 Å². The van der Waals surface area contributed by atoms with E-state index in [1.807, 2.05) is 12.1 Å². The van der Waals surface area contributed by atoms with Crippen molar-refractivity contribution in [3.8, 4) is 5.69 Å². The van der Waals surface area contributed by atoms with E-state index in [1.54, 1.807) is 0 Å². The summed E-state index contributed by atoms with van der Waals surface area (Å²) in [6, 6.07) is 11.6. The van der Waals surface area contributed by atoms with Crippen molar-refractivity contribution in [2.45, 2.75) is 31.8 Å². The molecule has 1 aliphatic carbocycles. The van der Waals surface area contributed by atoms with Gasteiger partial charge < -0.3 is 10.8 Å². The molecule has 0 radical (unpaired) electrons. The minimum Gasteiger partial charge on any atom is -0.380 e. The van der Waals surface area contributed by atoms with Gasteiger partial charge in [0.05, 0.1) is 12.1 Å². The highest BCUT2D eigenvalue weighted by Gasteiger charge is 2.22. The molecule has 138 valence electrons. The van der Waals surface area contributed by atoms with Crippen molar-refractivity contribution in [3.05, 3.63) is 76.6 Å². The molecule has 0 aliphatic heterocycles. The van der Waals surface area contributed by atoms with Gasteiger partial charge in [-0.15, -0.1) is 0 Å². The van der Waals surface area contributed by atoms with Crippen molar-refractivity contribution in [2.75, 3.05) is 0 Å². The van der Waals surface area contributed by atoms with Crippen LogP contribution in [0.5, 0.6) is 0 Å². The maximum atomic E-state index is 13.2. The summed E-state index contributed by atoms with van der Waals surface area (Å²) in [5, 5.41) is 15.2. The predicted molar refractivity (Wildman–Crippen MR) is 96.7 cm³/mol. The summed E-state index contributed by atoms with van der Waals surface area (Å²) in [6.45, 7) is 0. The quantitative estimate of drug-likeness (QED) is 0.722. The Morgan fingerprint density at radius 3 is 2.67 bits per heavy atom. The number of hydrogen-bond donors (Lipinski definition) is 2. The lowest BCUT2D eigenvalue weighted by Crippen LogP contribution is -2.14. The fourth-order valence-corrected chi connectivity index (χ4v) is 3.45. The standard InChI is InChI=1S/C20H19FN4O2/c21-15-7-4-13(5-8-15)19(27)20-23-18(11-17(22)26)24-25(20)16-9-6-12-2-1-3-14(12)10-16/h4-10,19,27H,1-3,11H2,(H2,22,26). The number of aliphatic hydroxyl groups is 1. The van der Waals surface area contributed by atoms with Crippen LogP contribution in [0.4, 0.5) is 4.39 Å². The number of aryl methyl sites for hydroxylation is 2. The third-order valence-corrected chi connectivity index (χ3v) is 4.77. The number of carbonyl (C=O) groups is 1. The minimum absolute atomic E-state index is 0.124. The molecule has 4 rings (SSSR count). The average molecular weight is 366 g/mol. The van der Waals surface area contributed by atoms with E-state index in [2.05, 4.69) is 16.1 Å². The van der Waals surface area contributed by atoms with Crippen LogP contribution < -0.4 is 5.73 Å². The fourth-order valence-electron chi connectivity index (χ4n) is 3.45. The van der Waals surface area contributed by atoms with Gasteiger partial charge in [0.25, 0.3) is 0 Å². The Labute approximate surface area is 155 Å². The van der Waals surface area contributed by atoms with Crippen LogP contribution >= 0.6 is 0 Å². The number of rotatable bonds is 5. The number of primary amides is 1. The number of aliphatic hydroxyl groups excluding tert-OH is 1. The molecule has 6 nitrogen and oxygen atoms in total. The maximum Gasteiger partial charge on any atom is 0.225 e. The van der Waals surface area contributed by atoms with Crippen LogP contribution in [0.2, 0.25) is 0 Å². The van der Waals surface area contributed by atoms with E-state index >= 15 is 0 Å². The summed E-state index contributed by atoms with van der Waals surface area (Å²) in [7, 11) is 0. The zero-order valence-electron chi connectivity index (χ0n) is 14.6. The molecule has 1 heterocycles. The average Bonchev–Trinajstić information content (AvgIpc) is 3.27. The van der Waals surface area contributed by atoms with Gasteiger partial charge in [0.1, 0.15) is 11.9 Å².